The van der Waals surface area contributed by atoms with Gasteiger partial charge in [-0.2, -0.15) is 4.98 Å². The van der Waals surface area contributed by atoms with E-state index < -0.39 is 6.09 Å². The van der Waals surface area contributed by atoms with Gasteiger partial charge in [-0.15, -0.1) is 0 Å². The van der Waals surface area contributed by atoms with Crippen molar-refractivity contribution in [2.75, 3.05) is 77.9 Å². The molecule has 0 spiro atoms. The van der Waals surface area contributed by atoms with Crippen LogP contribution in [0.15, 0.2) is 60.8 Å². The van der Waals surface area contributed by atoms with Gasteiger partial charge in [0.05, 0.1) is 27.0 Å². The van der Waals surface area contributed by atoms with Crippen molar-refractivity contribution in [1.29, 1.82) is 0 Å². The summed E-state index contributed by atoms with van der Waals surface area (Å²) in [5.41, 5.74) is 4.18. The van der Waals surface area contributed by atoms with E-state index in [0.717, 1.165) is 49.4 Å². The number of nitrogens with zero attached hydrogens (tertiary/aromatic N) is 5. The van der Waals surface area contributed by atoms with Gasteiger partial charge in [-0.25, -0.2) is 14.7 Å². The Bertz CT molecular complexity index is 1700. The Hall–Kier alpha value is -5.07. The fourth-order valence-electron chi connectivity index (χ4n) is 5.71. The largest absolute Gasteiger partial charge is 0.497 e. The van der Waals surface area contributed by atoms with Crippen LogP contribution in [-0.2, 0) is 0 Å². The number of piperazine rings is 1. The van der Waals surface area contributed by atoms with E-state index in [4.69, 9.17) is 28.7 Å². The third kappa shape index (κ3) is 8.25. The Morgan fingerprint density at radius 2 is 1.52 bits per heavy atom. The second kappa shape index (κ2) is 15.7. The van der Waals surface area contributed by atoms with Crippen molar-refractivity contribution in [1.82, 2.24) is 19.8 Å². The first kappa shape index (κ1) is 34.3. The molecule has 2 heterocycles. The summed E-state index contributed by atoms with van der Waals surface area (Å²) in [6.07, 6.45) is 0.920. The molecule has 3 aromatic carbocycles. The van der Waals surface area contributed by atoms with E-state index in [1.165, 1.54) is 12.0 Å². The van der Waals surface area contributed by atoms with Crippen LogP contribution in [0.5, 0.6) is 28.7 Å². The summed E-state index contributed by atoms with van der Waals surface area (Å²) < 4.78 is 28.4. The minimum Gasteiger partial charge on any atom is -0.497 e. The molecule has 254 valence electrons. The number of methoxy groups -OCH3 is 3. The van der Waals surface area contributed by atoms with Crippen LogP contribution in [0.2, 0.25) is 0 Å². The van der Waals surface area contributed by atoms with E-state index in [0.29, 0.717) is 46.8 Å². The minimum absolute atomic E-state index is 0.237. The summed E-state index contributed by atoms with van der Waals surface area (Å²) >= 11 is 0. The third-order valence-electron chi connectivity index (χ3n) is 8.16. The molecule has 1 amide bonds. The molecule has 0 atom stereocenters. The van der Waals surface area contributed by atoms with Crippen LogP contribution in [0.25, 0.3) is 0 Å². The number of carbonyl (C=O) groups is 1. The summed E-state index contributed by atoms with van der Waals surface area (Å²) in [6.45, 7) is 11.5. The van der Waals surface area contributed by atoms with E-state index in [2.05, 4.69) is 27.1 Å². The van der Waals surface area contributed by atoms with Crippen LogP contribution in [0.1, 0.15) is 16.7 Å². The van der Waals surface area contributed by atoms with Crippen LogP contribution in [0.4, 0.5) is 27.9 Å². The number of aryl methyl sites for hydroxylation is 3. The van der Waals surface area contributed by atoms with Gasteiger partial charge < -0.3 is 33.9 Å². The molecule has 5 rings (SSSR count). The zero-order valence-corrected chi connectivity index (χ0v) is 28.7. The maximum Gasteiger partial charge on any atom is 0.425 e. The molecule has 1 N–H and O–H groups in total. The first-order valence-electron chi connectivity index (χ1n) is 15.8. The van der Waals surface area contributed by atoms with Crippen molar-refractivity contribution in [2.24, 2.45) is 0 Å². The normalized spacial score (nSPS) is 13.5. The Kier molecular flexibility index (Phi) is 11.2. The number of nitrogens with one attached hydrogen (secondary N) is 1. The predicted molar refractivity (Wildman–Crippen MR) is 186 cm³/mol. The van der Waals surface area contributed by atoms with Gasteiger partial charge in [0.1, 0.15) is 18.2 Å². The first-order valence-corrected chi connectivity index (χ1v) is 15.8. The molecule has 0 unspecified atom stereocenters. The van der Waals surface area contributed by atoms with Crippen LogP contribution in [0, 0.1) is 20.8 Å². The van der Waals surface area contributed by atoms with Crippen LogP contribution in [0.3, 0.4) is 0 Å². The maximum absolute atomic E-state index is 14.0. The lowest BCUT2D eigenvalue weighted by molar-refractivity contribution is 0.133. The SMILES string of the molecule is COc1ccc(OC(=O)N(c2ccnc(Nc3ccc(OCCN4CCN(C)CC4)c(OC)c3)n2)c2c(C)cc(C)cc2C)c(OC)c1. The number of hydrogen-bond acceptors (Lipinski definition) is 11. The molecule has 1 aliphatic heterocycles. The lowest BCUT2D eigenvalue weighted by Gasteiger charge is -2.32. The molecular formula is C36H44N6O6. The highest BCUT2D eigenvalue weighted by Crippen LogP contribution is 2.36. The van der Waals surface area contributed by atoms with Crippen molar-refractivity contribution in [2.45, 2.75) is 20.8 Å². The van der Waals surface area contributed by atoms with Gasteiger partial charge in [0.15, 0.2) is 23.0 Å². The highest BCUT2D eigenvalue weighted by Gasteiger charge is 2.27. The summed E-state index contributed by atoms with van der Waals surface area (Å²) in [4.78, 5) is 29.4. The predicted octanol–water partition coefficient (Wildman–Crippen LogP) is 6.13. The molecule has 1 fully saturated rings. The number of benzene rings is 3. The number of hydrogen-bond donors (Lipinski definition) is 1. The number of amides is 1. The average molecular weight is 657 g/mol. The number of likely N-dealkylation sites (N-methyl/N-ethyl adjacent to an activating group) is 1. The van der Waals surface area contributed by atoms with Crippen molar-refractivity contribution >= 4 is 29.2 Å². The maximum atomic E-state index is 14.0. The summed E-state index contributed by atoms with van der Waals surface area (Å²) in [5.74, 6) is 2.99. The molecular weight excluding hydrogens is 612 g/mol. The molecule has 0 saturated carbocycles. The Morgan fingerprint density at radius 1 is 0.833 bits per heavy atom. The molecule has 0 aliphatic carbocycles. The van der Waals surface area contributed by atoms with Gasteiger partial charge >= 0.3 is 6.09 Å². The number of carbonyl (C=O) groups excluding carboxylic acids is 1. The smallest absolute Gasteiger partial charge is 0.425 e. The zero-order valence-electron chi connectivity index (χ0n) is 28.7. The molecule has 1 saturated heterocycles. The van der Waals surface area contributed by atoms with Gasteiger partial charge in [-0.1, -0.05) is 17.7 Å². The van der Waals surface area contributed by atoms with Gasteiger partial charge in [0.2, 0.25) is 5.95 Å². The topological polar surface area (TPSA) is 111 Å². The second-order valence-corrected chi connectivity index (χ2v) is 11.7. The quantitative estimate of drug-likeness (QED) is 0.190. The summed E-state index contributed by atoms with van der Waals surface area (Å²) in [6, 6.07) is 16.2. The molecule has 1 aromatic heterocycles. The fourth-order valence-corrected chi connectivity index (χ4v) is 5.71. The number of ether oxygens (including phenoxy) is 5. The van der Waals surface area contributed by atoms with Gasteiger partial charge in [0, 0.05) is 62.8 Å². The number of anilines is 4. The van der Waals surface area contributed by atoms with Crippen molar-refractivity contribution in [3.63, 3.8) is 0 Å². The monoisotopic (exact) mass is 656 g/mol. The van der Waals surface area contributed by atoms with E-state index in [-0.39, 0.29) is 11.7 Å². The molecule has 12 nitrogen and oxygen atoms in total. The molecule has 0 bridgehead atoms. The van der Waals surface area contributed by atoms with Crippen LogP contribution < -0.4 is 33.9 Å². The lowest BCUT2D eigenvalue weighted by Crippen LogP contribution is -2.45. The minimum atomic E-state index is -0.669. The first-order chi connectivity index (χ1) is 23.2. The van der Waals surface area contributed by atoms with Crippen molar-refractivity contribution in [3.8, 4) is 28.7 Å². The Labute approximate surface area is 282 Å². The van der Waals surface area contributed by atoms with E-state index in [1.807, 2.05) is 51.1 Å². The second-order valence-electron chi connectivity index (χ2n) is 11.7. The van der Waals surface area contributed by atoms with E-state index in [1.54, 1.807) is 44.7 Å². The molecule has 0 radical (unpaired) electrons. The van der Waals surface area contributed by atoms with E-state index >= 15 is 0 Å². The third-order valence-corrected chi connectivity index (χ3v) is 8.16. The summed E-state index contributed by atoms with van der Waals surface area (Å²) in [5, 5.41) is 3.24. The van der Waals surface area contributed by atoms with E-state index in [9.17, 15) is 4.79 Å². The Morgan fingerprint density at radius 3 is 2.21 bits per heavy atom. The van der Waals surface area contributed by atoms with Gasteiger partial charge in [-0.05, 0) is 63.2 Å². The summed E-state index contributed by atoms with van der Waals surface area (Å²) in [7, 11) is 6.81. The number of rotatable bonds is 12. The molecule has 12 heteroatoms. The fraction of sp³-hybridized carbons (Fsp3) is 0.361. The highest BCUT2D eigenvalue weighted by atomic mass is 16.6. The van der Waals surface area contributed by atoms with Crippen LogP contribution >= 0.6 is 0 Å². The van der Waals surface area contributed by atoms with Crippen molar-refractivity contribution < 1.29 is 28.5 Å². The van der Waals surface area contributed by atoms with Crippen LogP contribution in [-0.4, -0.2) is 93.6 Å². The Balaban J connectivity index is 1.38. The molecule has 4 aromatic rings. The molecule has 1 aliphatic rings. The lowest BCUT2D eigenvalue weighted by atomic mass is 10.0. The van der Waals surface area contributed by atoms with Crippen molar-refractivity contribution in [3.05, 3.63) is 77.5 Å². The molecule has 48 heavy (non-hydrogen) atoms. The average Bonchev–Trinajstić information content (AvgIpc) is 3.07. The standard InChI is InChI=1S/C36H44N6O6/c1-24-20-25(2)34(26(3)21-24)42(36(43)48-30-11-9-28(44-5)23-32(30)46-7)33-12-13-37-35(39-33)38-27-8-10-29(31(22-27)45-6)47-19-18-41-16-14-40(4)15-17-41/h8-13,20-23H,14-19H2,1-7H3,(H,37,38,39). The van der Waals surface area contributed by atoms with Gasteiger partial charge in [0.25, 0.3) is 0 Å². The number of aromatic nitrogens is 2. The highest BCUT2D eigenvalue weighted by molar-refractivity contribution is 5.98. The zero-order chi connectivity index (χ0) is 34.2. The van der Waals surface area contributed by atoms with Gasteiger partial charge in [-0.3, -0.25) is 4.90 Å².